The Hall–Kier alpha value is -1.07. The number of nitrogens with two attached hydrogens (primary N) is 1. The molecule has 118 valence electrons. The summed E-state index contributed by atoms with van der Waals surface area (Å²) in [5.74, 6) is 0.548. The van der Waals surface area contributed by atoms with Crippen molar-refractivity contribution in [1.82, 2.24) is 9.78 Å². The van der Waals surface area contributed by atoms with Gasteiger partial charge in [0, 0.05) is 12.6 Å². The van der Waals surface area contributed by atoms with E-state index in [1.54, 1.807) is 6.20 Å². The average molecular weight is 313 g/mol. The third kappa shape index (κ3) is 3.77. The topological polar surface area (TPSA) is 72.9 Å². The molecule has 1 unspecified atom stereocenters. The van der Waals surface area contributed by atoms with Crippen molar-refractivity contribution in [2.75, 3.05) is 11.9 Å². The van der Waals surface area contributed by atoms with E-state index >= 15 is 0 Å². The number of anilines is 1. The summed E-state index contributed by atoms with van der Waals surface area (Å²) < 4.78 is 1.39. The number of nitrogens with one attached hydrogen (secondary N) is 1. The summed E-state index contributed by atoms with van der Waals surface area (Å²) in [5.41, 5.74) is 6.25. The number of hydrogen-bond donors (Lipinski definition) is 2. The van der Waals surface area contributed by atoms with E-state index in [2.05, 4.69) is 10.4 Å². The van der Waals surface area contributed by atoms with Crippen LogP contribution in [0.25, 0.3) is 0 Å². The SMILES string of the molecule is CC(C)n1ncc(NC(CN)C2CCCCC2)c(Cl)c1=O. The summed E-state index contributed by atoms with van der Waals surface area (Å²) in [4.78, 5) is 12.2. The molecule has 1 heterocycles. The molecule has 0 amide bonds. The monoisotopic (exact) mass is 312 g/mol. The summed E-state index contributed by atoms with van der Waals surface area (Å²) >= 11 is 6.21. The van der Waals surface area contributed by atoms with Crippen molar-refractivity contribution in [2.45, 2.75) is 58.0 Å². The van der Waals surface area contributed by atoms with E-state index < -0.39 is 0 Å². The molecule has 0 radical (unpaired) electrons. The van der Waals surface area contributed by atoms with E-state index in [-0.39, 0.29) is 22.7 Å². The van der Waals surface area contributed by atoms with Gasteiger partial charge in [-0.15, -0.1) is 0 Å². The highest BCUT2D eigenvalue weighted by Crippen LogP contribution is 2.28. The second kappa shape index (κ2) is 7.27. The van der Waals surface area contributed by atoms with Gasteiger partial charge in [0.25, 0.3) is 5.56 Å². The van der Waals surface area contributed by atoms with Crippen molar-refractivity contribution in [3.63, 3.8) is 0 Å². The van der Waals surface area contributed by atoms with Crippen molar-refractivity contribution in [3.8, 4) is 0 Å². The van der Waals surface area contributed by atoms with Crippen LogP contribution < -0.4 is 16.6 Å². The molecule has 0 aliphatic heterocycles. The molecule has 2 rings (SSSR count). The molecule has 1 atom stereocenters. The Morgan fingerprint density at radius 1 is 1.43 bits per heavy atom. The lowest BCUT2D eigenvalue weighted by atomic mass is 9.84. The molecule has 1 fully saturated rings. The average Bonchev–Trinajstić information content (AvgIpc) is 2.49. The van der Waals surface area contributed by atoms with E-state index in [1.807, 2.05) is 13.8 Å². The van der Waals surface area contributed by atoms with Gasteiger partial charge < -0.3 is 11.1 Å². The fourth-order valence-electron chi connectivity index (χ4n) is 3.02. The van der Waals surface area contributed by atoms with Gasteiger partial charge in [0.2, 0.25) is 0 Å². The molecule has 1 aliphatic carbocycles. The zero-order valence-electron chi connectivity index (χ0n) is 12.8. The molecular weight excluding hydrogens is 288 g/mol. The zero-order valence-corrected chi connectivity index (χ0v) is 13.6. The minimum atomic E-state index is -0.254. The summed E-state index contributed by atoms with van der Waals surface area (Å²) in [6.07, 6.45) is 7.81. The van der Waals surface area contributed by atoms with Crippen molar-refractivity contribution in [3.05, 3.63) is 21.6 Å². The predicted molar refractivity (Wildman–Crippen MR) is 86.9 cm³/mol. The van der Waals surface area contributed by atoms with Crippen LogP contribution in [0.15, 0.2) is 11.0 Å². The van der Waals surface area contributed by atoms with Gasteiger partial charge in [0.15, 0.2) is 0 Å². The molecule has 1 aromatic heterocycles. The van der Waals surface area contributed by atoms with Gasteiger partial charge >= 0.3 is 0 Å². The molecule has 1 aromatic rings. The first kappa shape index (κ1) is 16.3. The normalized spacial score (nSPS) is 18.0. The standard InChI is InChI=1S/C15H25ClN4O/c1-10(2)20-15(21)14(16)13(9-18-20)19-12(8-17)11-6-4-3-5-7-11/h9-12,19H,3-8,17H2,1-2H3. The Labute approximate surface area is 130 Å². The van der Waals surface area contributed by atoms with Crippen molar-refractivity contribution in [2.24, 2.45) is 11.7 Å². The van der Waals surface area contributed by atoms with Crippen LogP contribution in [0.4, 0.5) is 5.69 Å². The molecule has 6 heteroatoms. The largest absolute Gasteiger partial charge is 0.378 e. The van der Waals surface area contributed by atoms with Crippen LogP contribution in [-0.2, 0) is 0 Å². The number of nitrogens with zero attached hydrogens (tertiary/aromatic N) is 2. The maximum Gasteiger partial charge on any atom is 0.287 e. The van der Waals surface area contributed by atoms with Crippen LogP contribution in [0.3, 0.4) is 0 Å². The number of rotatable bonds is 5. The number of aromatic nitrogens is 2. The third-order valence-electron chi connectivity index (χ3n) is 4.25. The fraction of sp³-hybridized carbons (Fsp3) is 0.733. The molecule has 0 saturated heterocycles. The van der Waals surface area contributed by atoms with Gasteiger partial charge in [-0.3, -0.25) is 4.79 Å². The lowest BCUT2D eigenvalue weighted by Gasteiger charge is -2.31. The van der Waals surface area contributed by atoms with Crippen LogP contribution in [0, 0.1) is 5.92 Å². The first-order valence-corrected chi connectivity index (χ1v) is 8.16. The van der Waals surface area contributed by atoms with Crippen LogP contribution in [0.1, 0.15) is 52.0 Å². The molecule has 3 N–H and O–H groups in total. The van der Waals surface area contributed by atoms with Gasteiger partial charge in [-0.05, 0) is 32.6 Å². The maximum atomic E-state index is 12.2. The van der Waals surface area contributed by atoms with Gasteiger partial charge in [0.1, 0.15) is 5.02 Å². The molecule has 5 nitrogen and oxygen atoms in total. The number of hydrogen-bond acceptors (Lipinski definition) is 4. The summed E-state index contributed by atoms with van der Waals surface area (Å²) in [6, 6.07) is 0.145. The van der Waals surface area contributed by atoms with E-state index in [9.17, 15) is 4.79 Å². The van der Waals surface area contributed by atoms with E-state index in [1.165, 1.54) is 36.8 Å². The van der Waals surface area contributed by atoms with E-state index in [0.29, 0.717) is 18.2 Å². The van der Waals surface area contributed by atoms with Crippen LogP contribution in [0.2, 0.25) is 5.02 Å². The Kier molecular flexibility index (Phi) is 5.65. The highest BCUT2D eigenvalue weighted by Gasteiger charge is 2.24. The molecule has 0 aromatic carbocycles. The third-order valence-corrected chi connectivity index (χ3v) is 4.61. The van der Waals surface area contributed by atoms with E-state index in [0.717, 1.165) is 0 Å². The predicted octanol–water partition coefficient (Wildman–Crippen LogP) is 2.80. The summed E-state index contributed by atoms with van der Waals surface area (Å²) in [7, 11) is 0. The van der Waals surface area contributed by atoms with Gasteiger partial charge in [-0.2, -0.15) is 5.10 Å². The molecule has 0 bridgehead atoms. The van der Waals surface area contributed by atoms with Crippen molar-refractivity contribution >= 4 is 17.3 Å². The Morgan fingerprint density at radius 3 is 2.67 bits per heavy atom. The second-order valence-corrected chi connectivity index (χ2v) is 6.48. The van der Waals surface area contributed by atoms with Crippen molar-refractivity contribution < 1.29 is 0 Å². The minimum Gasteiger partial charge on any atom is -0.378 e. The molecular formula is C15H25ClN4O. The summed E-state index contributed by atoms with van der Waals surface area (Å²) in [6.45, 7) is 4.35. The van der Waals surface area contributed by atoms with Crippen LogP contribution in [-0.4, -0.2) is 22.4 Å². The van der Waals surface area contributed by atoms with Crippen LogP contribution in [0.5, 0.6) is 0 Å². The zero-order chi connectivity index (χ0) is 15.4. The smallest absolute Gasteiger partial charge is 0.287 e. The molecule has 21 heavy (non-hydrogen) atoms. The first-order valence-electron chi connectivity index (χ1n) is 7.78. The molecule has 1 saturated carbocycles. The second-order valence-electron chi connectivity index (χ2n) is 6.10. The highest BCUT2D eigenvalue weighted by molar-refractivity contribution is 6.32. The number of halogens is 1. The lowest BCUT2D eigenvalue weighted by molar-refractivity contribution is 0.320. The highest BCUT2D eigenvalue weighted by atomic mass is 35.5. The van der Waals surface area contributed by atoms with Gasteiger partial charge in [0.05, 0.1) is 17.9 Å². The Bertz CT molecular complexity index is 523. The van der Waals surface area contributed by atoms with Gasteiger partial charge in [-0.25, -0.2) is 4.68 Å². The molecule has 1 aliphatic rings. The maximum absolute atomic E-state index is 12.2. The van der Waals surface area contributed by atoms with Gasteiger partial charge in [-0.1, -0.05) is 30.9 Å². The first-order chi connectivity index (χ1) is 10.0. The van der Waals surface area contributed by atoms with Crippen LogP contribution >= 0.6 is 11.6 Å². The fourth-order valence-corrected chi connectivity index (χ4v) is 3.21. The summed E-state index contributed by atoms with van der Waals surface area (Å²) in [5, 5.41) is 7.73. The molecule has 0 spiro atoms. The van der Waals surface area contributed by atoms with E-state index in [4.69, 9.17) is 17.3 Å². The van der Waals surface area contributed by atoms with Crippen molar-refractivity contribution in [1.29, 1.82) is 0 Å². The minimum absolute atomic E-state index is 0.00676. The quantitative estimate of drug-likeness (QED) is 0.877. The Balaban J connectivity index is 2.17. The lowest BCUT2D eigenvalue weighted by Crippen LogP contribution is -2.38. The Morgan fingerprint density at radius 2 is 2.10 bits per heavy atom.